The summed E-state index contributed by atoms with van der Waals surface area (Å²) >= 11 is 1.50. The van der Waals surface area contributed by atoms with Crippen LogP contribution in [-0.4, -0.2) is 31.9 Å². The number of carbonyl (C=O) groups excluding carboxylic acids is 1. The van der Waals surface area contributed by atoms with Crippen molar-refractivity contribution in [2.24, 2.45) is 0 Å². The Morgan fingerprint density at radius 1 is 1.32 bits per heavy atom. The van der Waals surface area contributed by atoms with Crippen molar-refractivity contribution in [1.82, 2.24) is 20.2 Å². The average molecular weight is 319 g/mol. The summed E-state index contributed by atoms with van der Waals surface area (Å²) in [5.74, 6) is 1.76. The van der Waals surface area contributed by atoms with Gasteiger partial charge in [-0.25, -0.2) is 4.68 Å². The van der Waals surface area contributed by atoms with Gasteiger partial charge in [0.15, 0.2) is 5.82 Å². The lowest BCUT2D eigenvalue weighted by Crippen LogP contribution is -2.15. The van der Waals surface area contributed by atoms with E-state index >= 15 is 0 Å². The second kappa shape index (κ2) is 7.40. The largest absolute Gasteiger partial charge is 0.325 e. The SMILES string of the molecule is Cc1ccc(NC(=O)CSCc2nnnn2C(C)C)cc1C. The van der Waals surface area contributed by atoms with Gasteiger partial charge in [-0.15, -0.1) is 16.9 Å². The smallest absolute Gasteiger partial charge is 0.234 e. The van der Waals surface area contributed by atoms with Crippen molar-refractivity contribution < 1.29 is 4.79 Å². The van der Waals surface area contributed by atoms with Crippen LogP contribution < -0.4 is 5.32 Å². The van der Waals surface area contributed by atoms with Crippen LogP contribution in [0.4, 0.5) is 5.69 Å². The molecule has 22 heavy (non-hydrogen) atoms. The number of tetrazole rings is 1. The van der Waals surface area contributed by atoms with E-state index in [0.717, 1.165) is 11.5 Å². The maximum atomic E-state index is 12.0. The minimum atomic E-state index is -0.0168. The molecule has 0 spiro atoms. The van der Waals surface area contributed by atoms with Crippen LogP contribution in [0.15, 0.2) is 18.2 Å². The molecule has 0 atom stereocenters. The van der Waals surface area contributed by atoms with Gasteiger partial charge in [0.2, 0.25) is 5.91 Å². The molecule has 0 radical (unpaired) electrons. The van der Waals surface area contributed by atoms with Gasteiger partial charge in [-0.3, -0.25) is 4.79 Å². The predicted molar refractivity (Wildman–Crippen MR) is 88.9 cm³/mol. The molecule has 0 fully saturated rings. The number of benzene rings is 1. The van der Waals surface area contributed by atoms with Gasteiger partial charge in [0.25, 0.3) is 0 Å². The Kier molecular flexibility index (Phi) is 5.54. The van der Waals surface area contributed by atoms with E-state index in [1.54, 1.807) is 4.68 Å². The lowest BCUT2D eigenvalue weighted by atomic mass is 10.1. The molecule has 1 N–H and O–H groups in total. The van der Waals surface area contributed by atoms with Crippen LogP contribution >= 0.6 is 11.8 Å². The van der Waals surface area contributed by atoms with E-state index in [-0.39, 0.29) is 11.9 Å². The van der Waals surface area contributed by atoms with Crippen LogP contribution in [0.3, 0.4) is 0 Å². The normalized spacial score (nSPS) is 11.0. The van der Waals surface area contributed by atoms with E-state index in [4.69, 9.17) is 0 Å². The van der Waals surface area contributed by atoms with Crippen molar-refractivity contribution in [3.05, 3.63) is 35.2 Å². The summed E-state index contributed by atoms with van der Waals surface area (Å²) in [5, 5.41) is 14.5. The van der Waals surface area contributed by atoms with Crippen LogP contribution in [0.1, 0.15) is 36.8 Å². The van der Waals surface area contributed by atoms with E-state index in [1.807, 2.05) is 39.0 Å². The number of carbonyl (C=O) groups is 1. The zero-order chi connectivity index (χ0) is 16.1. The number of nitrogens with one attached hydrogen (secondary N) is 1. The van der Waals surface area contributed by atoms with Gasteiger partial charge in [-0.1, -0.05) is 6.07 Å². The Hall–Kier alpha value is -1.89. The van der Waals surface area contributed by atoms with Crippen LogP contribution in [-0.2, 0) is 10.5 Å². The van der Waals surface area contributed by atoms with Crippen molar-refractivity contribution in [3.63, 3.8) is 0 Å². The number of hydrogen-bond acceptors (Lipinski definition) is 5. The molecule has 0 saturated heterocycles. The number of nitrogens with zero attached hydrogens (tertiary/aromatic N) is 4. The van der Waals surface area contributed by atoms with Gasteiger partial charge < -0.3 is 5.32 Å². The number of aryl methyl sites for hydroxylation is 2. The molecule has 0 unspecified atom stereocenters. The quantitative estimate of drug-likeness (QED) is 0.886. The van der Waals surface area contributed by atoms with E-state index in [9.17, 15) is 4.79 Å². The molecule has 118 valence electrons. The zero-order valence-electron chi connectivity index (χ0n) is 13.3. The van der Waals surface area contributed by atoms with E-state index in [2.05, 4.69) is 27.8 Å². The second-order valence-electron chi connectivity index (χ2n) is 5.47. The highest BCUT2D eigenvalue weighted by Gasteiger charge is 2.10. The first-order valence-electron chi connectivity index (χ1n) is 7.19. The fourth-order valence-corrected chi connectivity index (χ4v) is 2.69. The highest BCUT2D eigenvalue weighted by molar-refractivity contribution is 7.99. The van der Waals surface area contributed by atoms with Gasteiger partial charge >= 0.3 is 0 Å². The Labute approximate surface area is 134 Å². The van der Waals surface area contributed by atoms with Gasteiger partial charge in [0.05, 0.1) is 17.5 Å². The Balaban J connectivity index is 1.83. The third kappa shape index (κ3) is 4.30. The standard InChI is InChI=1S/C15H21N5OS/c1-10(2)20-14(17-18-19-20)8-22-9-15(21)16-13-6-5-11(3)12(4)7-13/h5-7,10H,8-9H2,1-4H3,(H,16,21). The van der Waals surface area contributed by atoms with E-state index in [0.29, 0.717) is 11.5 Å². The topological polar surface area (TPSA) is 72.7 Å². The molecule has 0 aliphatic carbocycles. The monoisotopic (exact) mass is 319 g/mol. The summed E-state index contributed by atoms with van der Waals surface area (Å²) in [7, 11) is 0. The van der Waals surface area contributed by atoms with Crippen molar-refractivity contribution >= 4 is 23.4 Å². The summed E-state index contributed by atoms with van der Waals surface area (Å²) in [6.45, 7) is 8.13. The maximum Gasteiger partial charge on any atom is 0.234 e. The Bertz CT molecular complexity index is 653. The van der Waals surface area contributed by atoms with Gasteiger partial charge in [-0.05, 0) is 61.4 Å². The van der Waals surface area contributed by atoms with E-state index < -0.39 is 0 Å². The molecule has 7 heteroatoms. The molecule has 0 aliphatic rings. The molecule has 2 rings (SSSR count). The first kappa shape index (κ1) is 16.5. The first-order chi connectivity index (χ1) is 10.5. The number of rotatable bonds is 6. The summed E-state index contributed by atoms with van der Waals surface area (Å²) in [5.41, 5.74) is 3.22. The maximum absolute atomic E-state index is 12.0. The molecular weight excluding hydrogens is 298 g/mol. The number of hydrogen-bond donors (Lipinski definition) is 1. The minimum absolute atomic E-state index is 0.0168. The third-order valence-corrected chi connectivity index (χ3v) is 4.23. The zero-order valence-corrected chi connectivity index (χ0v) is 14.1. The van der Waals surface area contributed by atoms with Crippen molar-refractivity contribution in [2.45, 2.75) is 39.5 Å². The average Bonchev–Trinajstić information content (AvgIpc) is 2.91. The van der Waals surface area contributed by atoms with Crippen molar-refractivity contribution in [3.8, 4) is 0 Å². The number of anilines is 1. The van der Waals surface area contributed by atoms with Crippen LogP contribution in [0.5, 0.6) is 0 Å². The van der Waals surface area contributed by atoms with Crippen LogP contribution in [0.2, 0.25) is 0 Å². The molecular formula is C15H21N5OS. The molecule has 1 aromatic carbocycles. The van der Waals surface area contributed by atoms with Gasteiger partial charge in [0.1, 0.15) is 0 Å². The molecule has 0 bridgehead atoms. The molecule has 6 nitrogen and oxygen atoms in total. The Morgan fingerprint density at radius 2 is 2.09 bits per heavy atom. The molecule has 2 aromatic rings. The predicted octanol–water partition coefficient (Wildman–Crippen LogP) is 2.74. The summed E-state index contributed by atoms with van der Waals surface area (Å²) in [6.07, 6.45) is 0. The molecule has 1 amide bonds. The van der Waals surface area contributed by atoms with Crippen LogP contribution in [0, 0.1) is 13.8 Å². The summed E-state index contributed by atoms with van der Waals surface area (Å²) in [4.78, 5) is 12.0. The third-order valence-electron chi connectivity index (χ3n) is 3.31. The lowest BCUT2D eigenvalue weighted by Gasteiger charge is -2.08. The lowest BCUT2D eigenvalue weighted by molar-refractivity contribution is -0.113. The van der Waals surface area contributed by atoms with Gasteiger partial charge in [-0.2, -0.15) is 0 Å². The van der Waals surface area contributed by atoms with E-state index in [1.165, 1.54) is 22.9 Å². The fraction of sp³-hybridized carbons (Fsp3) is 0.467. The minimum Gasteiger partial charge on any atom is -0.325 e. The summed E-state index contributed by atoms with van der Waals surface area (Å²) < 4.78 is 1.77. The molecule has 0 aliphatic heterocycles. The molecule has 1 heterocycles. The van der Waals surface area contributed by atoms with Crippen molar-refractivity contribution in [2.75, 3.05) is 11.1 Å². The number of thioether (sulfide) groups is 1. The molecule has 1 aromatic heterocycles. The second-order valence-corrected chi connectivity index (χ2v) is 6.46. The highest BCUT2D eigenvalue weighted by Crippen LogP contribution is 2.16. The van der Waals surface area contributed by atoms with Crippen molar-refractivity contribution in [1.29, 1.82) is 0 Å². The molecule has 0 saturated carbocycles. The Morgan fingerprint density at radius 3 is 2.77 bits per heavy atom. The first-order valence-corrected chi connectivity index (χ1v) is 8.34. The fourth-order valence-electron chi connectivity index (χ4n) is 1.96. The van der Waals surface area contributed by atoms with Crippen LogP contribution in [0.25, 0.3) is 0 Å². The summed E-state index contributed by atoms with van der Waals surface area (Å²) in [6, 6.07) is 6.13. The van der Waals surface area contributed by atoms with Gasteiger partial charge in [0, 0.05) is 5.69 Å². The number of aromatic nitrogens is 4. The number of amides is 1. The highest BCUT2D eigenvalue weighted by atomic mass is 32.2.